The van der Waals surface area contributed by atoms with Gasteiger partial charge < -0.3 is 10.8 Å². The van der Waals surface area contributed by atoms with Gasteiger partial charge in [0.25, 0.3) is 0 Å². The van der Waals surface area contributed by atoms with E-state index in [2.05, 4.69) is 6.92 Å². The summed E-state index contributed by atoms with van der Waals surface area (Å²) in [5.74, 6) is -0.903. The highest BCUT2D eigenvalue weighted by Gasteiger charge is 2.13. The van der Waals surface area contributed by atoms with E-state index in [0.29, 0.717) is 5.56 Å². The van der Waals surface area contributed by atoms with Crippen molar-refractivity contribution in [3.8, 4) is 5.75 Å². The number of phenolic OH excluding ortho intramolecular Hbond substituents is 1. The Morgan fingerprint density at radius 3 is 2.80 bits per heavy atom. The van der Waals surface area contributed by atoms with Gasteiger partial charge in [-0.2, -0.15) is 0 Å². The number of benzene rings is 1. The SMILES string of the molecule is CCCCC[C@H](N)c1cccc(F)c1O. The Morgan fingerprint density at radius 1 is 1.40 bits per heavy atom. The maximum Gasteiger partial charge on any atom is 0.165 e. The van der Waals surface area contributed by atoms with E-state index < -0.39 is 5.82 Å². The molecule has 0 spiro atoms. The minimum absolute atomic E-state index is 0.271. The van der Waals surface area contributed by atoms with Crippen LogP contribution in [0, 0.1) is 5.82 Å². The molecule has 0 aliphatic heterocycles. The number of phenols is 1. The molecule has 0 saturated carbocycles. The fourth-order valence-corrected chi connectivity index (χ4v) is 1.60. The van der Waals surface area contributed by atoms with Crippen molar-refractivity contribution in [3.05, 3.63) is 29.6 Å². The van der Waals surface area contributed by atoms with E-state index in [0.717, 1.165) is 25.7 Å². The first-order valence-corrected chi connectivity index (χ1v) is 5.39. The summed E-state index contributed by atoms with van der Waals surface area (Å²) in [4.78, 5) is 0. The predicted octanol–water partition coefficient (Wildman–Crippen LogP) is 3.11. The van der Waals surface area contributed by atoms with Crippen LogP contribution in [0.25, 0.3) is 0 Å². The molecular formula is C12H18FNO. The topological polar surface area (TPSA) is 46.2 Å². The van der Waals surface area contributed by atoms with E-state index in [4.69, 9.17) is 5.73 Å². The summed E-state index contributed by atoms with van der Waals surface area (Å²) in [7, 11) is 0. The van der Waals surface area contributed by atoms with Gasteiger partial charge in [0.15, 0.2) is 11.6 Å². The number of halogens is 1. The lowest BCUT2D eigenvalue weighted by molar-refractivity contribution is 0.417. The Kier molecular flexibility index (Phi) is 4.56. The number of unbranched alkanes of at least 4 members (excludes halogenated alkanes) is 2. The third-order valence-corrected chi connectivity index (χ3v) is 2.54. The van der Waals surface area contributed by atoms with Crippen LogP contribution >= 0.6 is 0 Å². The van der Waals surface area contributed by atoms with Crippen LogP contribution in [-0.2, 0) is 0 Å². The van der Waals surface area contributed by atoms with Gasteiger partial charge in [0.05, 0.1) is 0 Å². The molecule has 0 amide bonds. The van der Waals surface area contributed by atoms with Crippen LogP contribution in [0.15, 0.2) is 18.2 Å². The van der Waals surface area contributed by atoms with Crippen molar-refractivity contribution in [2.24, 2.45) is 5.73 Å². The van der Waals surface area contributed by atoms with Crippen molar-refractivity contribution in [2.45, 2.75) is 38.6 Å². The zero-order chi connectivity index (χ0) is 11.3. The molecule has 0 aromatic heterocycles. The highest BCUT2D eigenvalue weighted by molar-refractivity contribution is 5.35. The van der Waals surface area contributed by atoms with Gasteiger partial charge in [-0.1, -0.05) is 38.3 Å². The van der Waals surface area contributed by atoms with Gasteiger partial charge in [0, 0.05) is 11.6 Å². The number of aromatic hydroxyl groups is 1. The lowest BCUT2D eigenvalue weighted by Crippen LogP contribution is -2.10. The molecule has 1 rings (SSSR count). The third-order valence-electron chi connectivity index (χ3n) is 2.54. The summed E-state index contributed by atoms with van der Waals surface area (Å²) in [5, 5.41) is 9.47. The largest absolute Gasteiger partial charge is 0.505 e. The van der Waals surface area contributed by atoms with Crippen LogP contribution in [-0.4, -0.2) is 5.11 Å². The molecule has 0 unspecified atom stereocenters. The van der Waals surface area contributed by atoms with Gasteiger partial charge in [-0.05, 0) is 12.5 Å². The minimum atomic E-state index is -0.599. The van der Waals surface area contributed by atoms with Crippen molar-refractivity contribution in [1.82, 2.24) is 0 Å². The molecule has 1 aromatic rings. The van der Waals surface area contributed by atoms with E-state index in [9.17, 15) is 9.50 Å². The van der Waals surface area contributed by atoms with E-state index in [-0.39, 0.29) is 11.8 Å². The van der Waals surface area contributed by atoms with Gasteiger partial charge in [-0.15, -0.1) is 0 Å². The molecule has 3 N–H and O–H groups in total. The van der Waals surface area contributed by atoms with E-state index in [1.54, 1.807) is 12.1 Å². The zero-order valence-electron chi connectivity index (χ0n) is 9.04. The summed E-state index contributed by atoms with van der Waals surface area (Å²) in [6.07, 6.45) is 4.03. The van der Waals surface area contributed by atoms with Gasteiger partial charge in [0.2, 0.25) is 0 Å². The maximum absolute atomic E-state index is 13.0. The van der Waals surface area contributed by atoms with Crippen LogP contribution in [0.3, 0.4) is 0 Å². The quantitative estimate of drug-likeness (QED) is 0.735. The molecule has 0 aliphatic rings. The first-order chi connectivity index (χ1) is 7.16. The molecule has 1 aromatic carbocycles. The molecule has 0 heterocycles. The normalized spacial score (nSPS) is 12.7. The Bertz CT molecular complexity index is 314. The Hall–Kier alpha value is -1.09. The van der Waals surface area contributed by atoms with Crippen molar-refractivity contribution < 1.29 is 9.50 Å². The number of rotatable bonds is 5. The molecule has 0 fully saturated rings. The summed E-state index contributed by atoms with van der Waals surface area (Å²) in [5.41, 5.74) is 6.38. The summed E-state index contributed by atoms with van der Waals surface area (Å²) >= 11 is 0. The van der Waals surface area contributed by atoms with E-state index >= 15 is 0 Å². The standard InChI is InChI=1S/C12H18FNO/c1-2-3-4-8-11(14)9-6-5-7-10(13)12(9)15/h5-7,11,15H,2-4,8,14H2,1H3/t11-/m0/s1. The summed E-state index contributed by atoms with van der Waals surface area (Å²) < 4.78 is 13.0. The number of hydrogen-bond donors (Lipinski definition) is 2. The van der Waals surface area contributed by atoms with Gasteiger partial charge in [0.1, 0.15) is 0 Å². The average molecular weight is 211 g/mol. The van der Waals surface area contributed by atoms with Crippen molar-refractivity contribution in [1.29, 1.82) is 0 Å². The lowest BCUT2D eigenvalue weighted by atomic mass is 10.0. The maximum atomic E-state index is 13.0. The number of hydrogen-bond acceptors (Lipinski definition) is 2. The fourth-order valence-electron chi connectivity index (χ4n) is 1.60. The van der Waals surface area contributed by atoms with Crippen LogP contribution < -0.4 is 5.73 Å². The molecule has 2 nitrogen and oxygen atoms in total. The second kappa shape index (κ2) is 5.71. The van der Waals surface area contributed by atoms with Gasteiger partial charge in [-0.3, -0.25) is 0 Å². The molecule has 0 radical (unpaired) electrons. The van der Waals surface area contributed by atoms with Crippen LogP contribution in [0.1, 0.15) is 44.2 Å². The molecule has 0 aliphatic carbocycles. The lowest BCUT2D eigenvalue weighted by Gasteiger charge is -2.13. The third kappa shape index (κ3) is 3.20. The number of para-hydroxylation sites is 1. The van der Waals surface area contributed by atoms with Crippen LogP contribution in [0.4, 0.5) is 4.39 Å². The minimum Gasteiger partial charge on any atom is -0.505 e. The highest BCUT2D eigenvalue weighted by Crippen LogP contribution is 2.28. The second-order valence-corrected chi connectivity index (χ2v) is 3.78. The van der Waals surface area contributed by atoms with Gasteiger partial charge >= 0.3 is 0 Å². The number of nitrogens with two attached hydrogens (primary N) is 1. The van der Waals surface area contributed by atoms with Crippen molar-refractivity contribution in [2.75, 3.05) is 0 Å². The molecule has 1 atom stereocenters. The first kappa shape index (κ1) is 12.0. The summed E-state index contributed by atoms with van der Waals surface area (Å²) in [6.45, 7) is 2.12. The predicted molar refractivity (Wildman–Crippen MR) is 59.1 cm³/mol. The second-order valence-electron chi connectivity index (χ2n) is 3.78. The first-order valence-electron chi connectivity index (χ1n) is 5.39. The molecular weight excluding hydrogens is 193 g/mol. The molecule has 0 saturated heterocycles. The summed E-state index contributed by atoms with van der Waals surface area (Å²) in [6, 6.07) is 4.21. The zero-order valence-corrected chi connectivity index (χ0v) is 9.04. The van der Waals surface area contributed by atoms with Gasteiger partial charge in [-0.25, -0.2) is 4.39 Å². The Morgan fingerprint density at radius 2 is 2.13 bits per heavy atom. The van der Waals surface area contributed by atoms with Crippen molar-refractivity contribution in [3.63, 3.8) is 0 Å². The van der Waals surface area contributed by atoms with E-state index in [1.807, 2.05) is 0 Å². The molecule has 15 heavy (non-hydrogen) atoms. The Labute approximate surface area is 89.9 Å². The van der Waals surface area contributed by atoms with E-state index in [1.165, 1.54) is 6.07 Å². The van der Waals surface area contributed by atoms with Crippen LogP contribution in [0.2, 0.25) is 0 Å². The fraction of sp³-hybridized carbons (Fsp3) is 0.500. The molecule has 0 bridgehead atoms. The van der Waals surface area contributed by atoms with Crippen molar-refractivity contribution >= 4 is 0 Å². The highest BCUT2D eigenvalue weighted by atomic mass is 19.1. The monoisotopic (exact) mass is 211 g/mol. The molecule has 84 valence electrons. The average Bonchev–Trinajstić information content (AvgIpc) is 2.22. The smallest absolute Gasteiger partial charge is 0.165 e. The Balaban J connectivity index is 2.65. The van der Waals surface area contributed by atoms with Crippen LogP contribution in [0.5, 0.6) is 5.75 Å². The molecule has 3 heteroatoms.